The molecule has 0 aromatic heterocycles. The van der Waals surface area contributed by atoms with Crippen molar-refractivity contribution in [3.63, 3.8) is 0 Å². The summed E-state index contributed by atoms with van der Waals surface area (Å²) in [6, 6.07) is 11.4. The largest absolute Gasteiger partial charge is 0.507 e. The van der Waals surface area contributed by atoms with Gasteiger partial charge in [0.2, 0.25) is 0 Å². The smallest absolute Gasteiger partial charge is 0.255 e. The molecular weight excluding hydrogens is 310 g/mol. The lowest BCUT2D eigenvalue weighted by Gasteiger charge is -2.23. The predicted molar refractivity (Wildman–Crippen MR) is 105 cm³/mol. The molecule has 134 valence electrons. The summed E-state index contributed by atoms with van der Waals surface area (Å²) in [6.45, 7) is 14.4. The lowest BCUT2D eigenvalue weighted by molar-refractivity contribution is 0.102. The van der Waals surface area contributed by atoms with Crippen molar-refractivity contribution in [2.24, 2.45) is 0 Å². The van der Waals surface area contributed by atoms with E-state index in [2.05, 4.69) is 26.1 Å². The number of aromatic hydroxyl groups is 1. The number of benzene rings is 2. The van der Waals surface area contributed by atoms with Gasteiger partial charge in [-0.05, 0) is 53.1 Å². The standard InChI is InChI=1S/C22H29NO2/c1-14-12-17(13-18(19(14)24)22(5,6)7)23-20(25)15-8-10-16(11-9-15)21(2,3)4/h8-13,24H,1-7H3,(H,23,25). The van der Waals surface area contributed by atoms with E-state index in [4.69, 9.17) is 0 Å². The zero-order chi connectivity index (χ0) is 19.0. The van der Waals surface area contributed by atoms with Gasteiger partial charge in [0.15, 0.2) is 0 Å². The second-order valence-electron chi connectivity index (χ2n) is 8.72. The van der Waals surface area contributed by atoms with E-state index < -0.39 is 0 Å². The van der Waals surface area contributed by atoms with E-state index in [9.17, 15) is 9.90 Å². The maximum Gasteiger partial charge on any atom is 0.255 e. The normalized spacial score (nSPS) is 12.1. The van der Waals surface area contributed by atoms with Crippen LogP contribution in [0.5, 0.6) is 5.75 Å². The van der Waals surface area contributed by atoms with Gasteiger partial charge < -0.3 is 10.4 Å². The fourth-order valence-corrected chi connectivity index (χ4v) is 2.75. The number of phenolic OH excluding ortho intramolecular Hbond substituents is 1. The third-order valence-corrected chi connectivity index (χ3v) is 4.38. The quantitative estimate of drug-likeness (QED) is 0.705. The summed E-state index contributed by atoms with van der Waals surface area (Å²) in [7, 11) is 0. The van der Waals surface area contributed by atoms with Gasteiger partial charge >= 0.3 is 0 Å². The number of amides is 1. The van der Waals surface area contributed by atoms with E-state index in [-0.39, 0.29) is 16.7 Å². The van der Waals surface area contributed by atoms with Crippen molar-refractivity contribution in [2.45, 2.75) is 59.3 Å². The van der Waals surface area contributed by atoms with Crippen LogP contribution in [0.1, 0.15) is 68.6 Å². The van der Waals surface area contributed by atoms with Gasteiger partial charge in [0, 0.05) is 16.8 Å². The molecule has 0 saturated carbocycles. The van der Waals surface area contributed by atoms with E-state index in [0.29, 0.717) is 17.0 Å². The van der Waals surface area contributed by atoms with Gasteiger partial charge in [-0.2, -0.15) is 0 Å². The van der Waals surface area contributed by atoms with Crippen molar-refractivity contribution in [1.29, 1.82) is 0 Å². The minimum atomic E-state index is -0.204. The van der Waals surface area contributed by atoms with Crippen molar-refractivity contribution in [2.75, 3.05) is 5.32 Å². The fraction of sp³-hybridized carbons (Fsp3) is 0.409. The third kappa shape index (κ3) is 4.41. The zero-order valence-electron chi connectivity index (χ0n) is 16.3. The minimum absolute atomic E-state index is 0.0602. The Morgan fingerprint density at radius 3 is 1.96 bits per heavy atom. The summed E-state index contributed by atoms with van der Waals surface area (Å²) in [5.41, 5.74) is 3.95. The summed E-state index contributed by atoms with van der Waals surface area (Å²) in [5.74, 6) is 0.144. The number of carbonyl (C=O) groups excluding carboxylic acids is 1. The van der Waals surface area contributed by atoms with Gasteiger partial charge in [0.25, 0.3) is 5.91 Å². The van der Waals surface area contributed by atoms with Crippen molar-refractivity contribution in [1.82, 2.24) is 0 Å². The Hall–Kier alpha value is -2.29. The molecule has 0 bridgehead atoms. The third-order valence-electron chi connectivity index (χ3n) is 4.38. The Morgan fingerprint density at radius 2 is 1.48 bits per heavy atom. The van der Waals surface area contributed by atoms with Crippen LogP contribution in [-0.4, -0.2) is 11.0 Å². The maximum absolute atomic E-state index is 12.6. The van der Waals surface area contributed by atoms with Crippen molar-refractivity contribution < 1.29 is 9.90 Å². The van der Waals surface area contributed by atoms with Crippen LogP contribution < -0.4 is 5.32 Å². The Bertz CT molecular complexity index is 775. The molecule has 2 aromatic rings. The first kappa shape index (κ1) is 19.0. The molecule has 0 fully saturated rings. The molecule has 0 aliphatic heterocycles. The van der Waals surface area contributed by atoms with Gasteiger partial charge in [0.05, 0.1) is 0 Å². The minimum Gasteiger partial charge on any atom is -0.507 e. The van der Waals surface area contributed by atoms with Crippen LogP contribution in [0, 0.1) is 6.92 Å². The Balaban J connectivity index is 2.28. The molecule has 3 heteroatoms. The number of hydrogen-bond donors (Lipinski definition) is 2. The molecule has 2 rings (SSSR count). The lowest BCUT2D eigenvalue weighted by Crippen LogP contribution is -2.16. The number of carbonyl (C=O) groups is 1. The van der Waals surface area contributed by atoms with Crippen LogP contribution in [0.4, 0.5) is 5.69 Å². The number of aryl methyl sites for hydroxylation is 1. The SMILES string of the molecule is Cc1cc(NC(=O)c2ccc(C(C)(C)C)cc2)cc(C(C)(C)C)c1O. The van der Waals surface area contributed by atoms with Crippen molar-refractivity contribution in [3.05, 3.63) is 58.7 Å². The molecule has 0 unspecified atom stereocenters. The number of nitrogens with one attached hydrogen (secondary N) is 1. The van der Waals surface area contributed by atoms with E-state index in [1.165, 1.54) is 5.56 Å². The number of hydrogen-bond acceptors (Lipinski definition) is 2. The van der Waals surface area contributed by atoms with Crippen LogP contribution in [-0.2, 0) is 10.8 Å². The van der Waals surface area contributed by atoms with E-state index >= 15 is 0 Å². The molecule has 0 aliphatic carbocycles. The lowest BCUT2D eigenvalue weighted by atomic mass is 9.85. The molecule has 2 N–H and O–H groups in total. The second-order valence-corrected chi connectivity index (χ2v) is 8.72. The Labute approximate surface area is 151 Å². The molecule has 1 amide bonds. The molecule has 2 aromatic carbocycles. The molecular formula is C22H29NO2. The molecule has 0 heterocycles. The van der Waals surface area contributed by atoms with Crippen molar-refractivity contribution in [3.8, 4) is 5.75 Å². The highest BCUT2D eigenvalue weighted by molar-refractivity contribution is 6.04. The van der Waals surface area contributed by atoms with Gasteiger partial charge in [0.1, 0.15) is 5.75 Å². The van der Waals surface area contributed by atoms with Gasteiger partial charge in [-0.3, -0.25) is 4.79 Å². The van der Waals surface area contributed by atoms with E-state index in [1.807, 2.05) is 58.0 Å². The van der Waals surface area contributed by atoms with Crippen LogP contribution in [0.3, 0.4) is 0 Å². The van der Waals surface area contributed by atoms with Gasteiger partial charge in [-0.25, -0.2) is 0 Å². The summed E-state index contributed by atoms with van der Waals surface area (Å²) in [4.78, 5) is 12.6. The number of phenols is 1. The number of anilines is 1. The molecule has 0 spiro atoms. The first-order valence-corrected chi connectivity index (χ1v) is 8.65. The Morgan fingerprint density at radius 1 is 0.920 bits per heavy atom. The van der Waals surface area contributed by atoms with Crippen molar-refractivity contribution >= 4 is 11.6 Å². The van der Waals surface area contributed by atoms with E-state index in [0.717, 1.165) is 11.1 Å². The first-order chi connectivity index (χ1) is 11.4. The summed E-state index contributed by atoms with van der Waals surface area (Å²) in [6.07, 6.45) is 0. The molecule has 0 saturated heterocycles. The highest BCUT2D eigenvalue weighted by Gasteiger charge is 2.21. The molecule has 0 aliphatic rings. The van der Waals surface area contributed by atoms with Gasteiger partial charge in [-0.1, -0.05) is 53.7 Å². The second kappa shape index (κ2) is 6.55. The fourth-order valence-electron chi connectivity index (χ4n) is 2.75. The first-order valence-electron chi connectivity index (χ1n) is 8.65. The maximum atomic E-state index is 12.6. The average molecular weight is 339 g/mol. The van der Waals surface area contributed by atoms with Crippen LogP contribution >= 0.6 is 0 Å². The molecule has 25 heavy (non-hydrogen) atoms. The highest BCUT2D eigenvalue weighted by Crippen LogP contribution is 2.35. The summed E-state index contributed by atoms with van der Waals surface area (Å²) >= 11 is 0. The Kier molecular flexibility index (Phi) is 4.99. The topological polar surface area (TPSA) is 49.3 Å². The highest BCUT2D eigenvalue weighted by atomic mass is 16.3. The van der Waals surface area contributed by atoms with Crippen LogP contribution in [0.25, 0.3) is 0 Å². The van der Waals surface area contributed by atoms with Crippen LogP contribution in [0.2, 0.25) is 0 Å². The average Bonchev–Trinajstić information content (AvgIpc) is 2.48. The zero-order valence-corrected chi connectivity index (χ0v) is 16.3. The summed E-state index contributed by atoms with van der Waals surface area (Å²) in [5, 5.41) is 13.2. The monoisotopic (exact) mass is 339 g/mol. The van der Waals surface area contributed by atoms with Gasteiger partial charge in [-0.15, -0.1) is 0 Å². The summed E-state index contributed by atoms with van der Waals surface area (Å²) < 4.78 is 0. The number of rotatable bonds is 2. The van der Waals surface area contributed by atoms with Crippen LogP contribution in [0.15, 0.2) is 36.4 Å². The predicted octanol–water partition coefficient (Wildman–Crippen LogP) is 5.55. The van der Waals surface area contributed by atoms with E-state index in [1.54, 1.807) is 6.07 Å². The molecule has 0 atom stereocenters. The molecule has 0 radical (unpaired) electrons. The molecule has 3 nitrogen and oxygen atoms in total.